The summed E-state index contributed by atoms with van der Waals surface area (Å²) in [5.41, 5.74) is 7.83. The number of nitrogens with zero attached hydrogens (tertiary/aromatic N) is 3. The molecule has 1 fully saturated rings. The molecule has 1 aromatic heterocycles. The lowest BCUT2D eigenvalue weighted by atomic mass is 10.2. The molecule has 1 aliphatic rings. The first-order chi connectivity index (χ1) is 11.2. The summed E-state index contributed by atoms with van der Waals surface area (Å²) in [7, 11) is 0. The van der Waals surface area contributed by atoms with Crippen LogP contribution in [0.2, 0.25) is 0 Å². The van der Waals surface area contributed by atoms with Gasteiger partial charge in [0.15, 0.2) is 5.84 Å². The molecule has 2 aromatic rings. The van der Waals surface area contributed by atoms with Gasteiger partial charge in [-0.25, -0.2) is 4.98 Å². The van der Waals surface area contributed by atoms with Crippen molar-refractivity contribution in [2.24, 2.45) is 10.9 Å². The van der Waals surface area contributed by atoms with Gasteiger partial charge in [-0.05, 0) is 19.1 Å². The molecular formula is C15H22N6O2. The van der Waals surface area contributed by atoms with Crippen LogP contribution in [0.5, 0.6) is 0 Å². The third-order valence-electron chi connectivity index (χ3n) is 4.13. The van der Waals surface area contributed by atoms with Gasteiger partial charge in [-0.1, -0.05) is 11.2 Å². The van der Waals surface area contributed by atoms with E-state index in [1.165, 1.54) is 0 Å². The first-order valence-corrected chi connectivity index (χ1v) is 7.71. The molecule has 1 aromatic carbocycles. The topological polar surface area (TPSA) is 112 Å². The lowest BCUT2D eigenvalue weighted by Crippen LogP contribution is -2.45. The van der Waals surface area contributed by atoms with Gasteiger partial charge in [0.05, 0.1) is 18.7 Å². The summed E-state index contributed by atoms with van der Waals surface area (Å²) < 4.78 is 5.37. The highest BCUT2D eigenvalue weighted by molar-refractivity contribution is 6.07. The maximum Gasteiger partial charge on any atom is 0.201 e. The van der Waals surface area contributed by atoms with Crippen molar-refractivity contribution in [3.05, 3.63) is 23.8 Å². The summed E-state index contributed by atoms with van der Waals surface area (Å²) in [5.74, 6) is 0.730. The number of oxime groups is 1. The molecule has 0 amide bonds. The van der Waals surface area contributed by atoms with Crippen LogP contribution in [-0.4, -0.2) is 64.8 Å². The van der Waals surface area contributed by atoms with E-state index in [-0.39, 0.29) is 5.84 Å². The molecule has 8 nitrogen and oxygen atoms in total. The molecule has 8 heteroatoms. The van der Waals surface area contributed by atoms with Crippen molar-refractivity contribution in [3.63, 3.8) is 0 Å². The predicted molar refractivity (Wildman–Crippen MR) is 88.9 cm³/mol. The molecule has 1 unspecified atom stereocenters. The number of anilines is 1. The molecule has 0 radical (unpaired) electrons. The van der Waals surface area contributed by atoms with E-state index in [2.05, 4.69) is 32.3 Å². The van der Waals surface area contributed by atoms with E-state index < -0.39 is 0 Å². The summed E-state index contributed by atoms with van der Waals surface area (Å²) in [5, 5.41) is 15.2. The van der Waals surface area contributed by atoms with Crippen LogP contribution in [0.4, 0.5) is 5.95 Å². The molecule has 1 aliphatic heterocycles. The van der Waals surface area contributed by atoms with E-state index >= 15 is 0 Å². The zero-order chi connectivity index (χ0) is 16.2. The average molecular weight is 318 g/mol. The monoisotopic (exact) mass is 318 g/mol. The lowest BCUT2D eigenvalue weighted by Gasteiger charge is -2.32. The average Bonchev–Trinajstić information content (AvgIpc) is 3.02. The number of H-pyrrole nitrogens is 1. The number of hydrogen-bond acceptors (Lipinski definition) is 6. The molecule has 124 valence electrons. The van der Waals surface area contributed by atoms with Crippen molar-refractivity contribution >= 4 is 22.8 Å². The van der Waals surface area contributed by atoms with Crippen LogP contribution in [0.15, 0.2) is 23.4 Å². The highest BCUT2D eigenvalue weighted by Crippen LogP contribution is 2.18. The van der Waals surface area contributed by atoms with Gasteiger partial charge in [0.1, 0.15) is 5.52 Å². The van der Waals surface area contributed by atoms with Gasteiger partial charge < -0.3 is 26.0 Å². The number of ether oxygens (including phenoxy) is 1. The summed E-state index contributed by atoms with van der Waals surface area (Å²) in [4.78, 5) is 10.1. The number of imidazole rings is 1. The fourth-order valence-corrected chi connectivity index (χ4v) is 2.77. The molecular weight excluding hydrogens is 296 g/mol. The van der Waals surface area contributed by atoms with Crippen LogP contribution >= 0.6 is 0 Å². The third kappa shape index (κ3) is 3.38. The van der Waals surface area contributed by atoms with Crippen LogP contribution in [0.1, 0.15) is 12.5 Å². The van der Waals surface area contributed by atoms with Crippen molar-refractivity contribution in [2.75, 3.05) is 38.2 Å². The van der Waals surface area contributed by atoms with Gasteiger partial charge in [-0.2, -0.15) is 0 Å². The van der Waals surface area contributed by atoms with Crippen molar-refractivity contribution in [1.29, 1.82) is 0 Å². The number of hydrogen-bond donors (Lipinski definition) is 4. The molecule has 1 saturated heterocycles. The summed E-state index contributed by atoms with van der Waals surface area (Å²) in [6.45, 7) is 6.45. The van der Waals surface area contributed by atoms with Gasteiger partial charge >= 0.3 is 0 Å². The highest BCUT2D eigenvalue weighted by atomic mass is 16.5. The molecule has 23 heavy (non-hydrogen) atoms. The van der Waals surface area contributed by atoms with Crippen molar-refractivity contribution < 1.29 is 9.94 Å². The Hall–Kier alpha value is -2.32. The number of para-hydroxylation sites is 1. The van der Waals surface area contributed by atoms with Crippen LogP contribution in [0.25, 0.3) is 11.0 Å². The number of morpholine rings is 1. The zero-order valence-electron chi connectivity index (χ0n) is 13.1. The second-order valence-electron chi connectivity index (χ2n) is 5.65. The maximum absolute atomic E-state index is 8.87. The number of aromatic nitrogens is 2. The number of nitrogens with one attached hydrogen (secondary N) is 2. The van der Waals surface area contributed by atoms with Gasteiger partial charge in [-0.3, -0.25) is 4.90 Å². The van der Waals surface area contributed by atoms with Crippen LogP contribution in [0, 0.1) is 0 Å². The Kier molecular flexibility index (Phi) is 4.63. The fraction of sp³-hybridized carbons (Fsp3) is 0.467. The summed E-state index contributed by atoms with van der Waals surface area (Å²) in [6, 6.07) is 5.91. The van der Waals surface area contributed by atoms with Crippen LogP contribution in [-0.2, 0) is 4.74 Å². The Labute approximate surface area is 134 Å². The summed E-state index contributed by atoms with van der Waals surface area (Å²) >= 11 is 0. The number of nitrogens with two attached hydrogens (primary N) is 1. The smallest absolute Gasteiger partial charge is 0.201 e. The van der Waals surface area contributed by atoms with E-state index in [1.54, 1.807) is 6.07 Å². The molecule has 0 bridgehead atoms. The van der Waals surface area contributed by atoms with E-state index in [1.807, 2.05) is 12.1 Å². The third-order valence-corrected chi connectivity index (χ3v) is 4.13. The van der Waals surface area contributed by atoms with Gasteiger partial charge in [0, 0.05) is 31.2 Å². The second kappa shape index (κ2) is 6.84. The predicted octanol–water partition coefficient (Wildman–Crippen LogP) is 0.790. The minimum absolute atomic E-state index is 0.0512. The van der Waals surface area contributed by atoms with E-state index in [4.69, 9.17) is 15.7 Å². The zero-order valence-corrected chi connectivity index (χ0v) is 13.1. The van der Waals surface area contributed by atoms with Crippen LogP contribution in [0.3, 0.4) is 0 Å². The first-order valence-electron chi connectivity index (χ1n) is 7.71. The molecule has 0 spiro atoms. The van der Waals surface area contributed by atoms with Gasteiger partial charge in [0.2, 0.25) is 5.95 Å². The number of fused-ring (bicyclic) bond motifs is 1. The minimum Gasteiger partial charge on any atom is -0.409 e. The molecule has 3 rings (SSSR count). The van der Waals surface area contributed by atoms with E-state index in [0.29, 0.717) is 23.1 Å². The van der Waals surface area contributed by atoms with Crippen LogP contribution < -0.4 is 11.1 Å². The first kappa shape index (κ1) is 15.6. The molecule has 0 saturated carbocycles. The molecule has 5 N–H and O–H groups in total. The van der Waals surface area contributed by atoms with Crippen molar-refractivity contribution in [2.45, 2.75) is 13.0 Å². The summed E-state index contributed by atoms with van der Waals surface area (Å²) in [6.07, 6.45) is 0. The molecule has 2 heterocycles. The van der Waals surface area contributed by atoms with E-state index in [0.717, 1.165) is 38.4 Å². The number of benzene rings is 1. The Morgan fingerprint density at radius 2 is 2.30 bits per heavy atom. The van der Waals surface area contributed by atoms with Crippen molar-refractivity contribution in [3.8, 4) is 0 Å². The van der Waals surface area contributed by atoms with Gasteiger partial charge in [-0.15, -0.1) is 0 Å². The molecule has 0 aliphatic carbocycles. The van der Waals surface area contributed by atoms with Gasteiger partial charge in [0.25, 0.3) is 0 Å². The Morgan fingerprint density at radius 3 is 3.04 bits per heavy atom. The second-order valence-corrected chi connectivity index (χ2v) is 5.65. The largest absolute Gasteiger partial charge is 0.409 e. The SMILES string of the molecule is CC(CNc1nc2c(C(N)=NO)cccc2[nH]1)N1CCOCC1. The van der Waals surface area contributed by atoms with E-state index in [9.17, 15) is 0 Å². The lowest BCUT2D eigenvalue weighted by molar-refractivity contribution is 0.0227. The maximum atomic E-state index is 8.87. The Balaban J connectivity index is 1.71. The standard InChI is InChI=1S/C15H22N6O2/c1-10(21-5-7-23-8-6-21)9-17-15-18-12-4-2-3-11(13(12)19-15)14(16)20-22/h2-4,10,22H,5-9H2,1H3,(H2,16,20)(H2,17,18,19). The Morgan fingerprint density at radius 1 is 1.52 bits per heavy atom. The molecule has 1 atom stereocenters. The highest BCUT2D eigenvalue weighted by Gasteiger charge is 2.17. The minimum atomic E-state index is 0.0512. The number of aromatic amines is 1. The normalized spacial score (nSPS) is 18.2. The fourth-order valence-electron chi connectivity index (χ4n) is 2.77. The number of rotatable bonds is 5. The number of amidine groups is 1. The van der Waals surface area contributed by atoms with Crippen molar-refractivity contribution in [1.82, 2.24) is 14.9 Å². The quantitative estimate of drug-likeness (QED) is 0.281. The Bertz CT molecular complexity index is 692.